The molecular weight excluding hydrogens is 360 g/mol. The first-order valence-corrected chi connectivity index (χ1v) is 8.60. The van der Waals surface area contributed by atoms with Crippen molar-refractivity contribution in [2.45, 2.75) is 20.8 Å². The van der Waals surface area contributed by atoms with E-state index < -0.39 is 0 Å². The monoisotopic (exact) mass is 380 g/mol. The predicted molar refractivity (Wildman–Crippen MR) is 103 cm³/mol. The Morgan fingerprint density at radius 3 is 2.64 bits per heavy atom. The lowest BCUT2D eigenvalue weighted by atomic mass is 10.1. The lowest BCUT2D eigenvalue weighted by Gasteiger charge is -2.08. The Hall–Kier alpha value is -1.96. The fraction of sp³-hybridized carbons (Fsp3) is 0.353. The first kappa shape index (κ1) is 19.4. The molecule has 3 heterocycles. The van der Waals surface area contributed by atoms with E-state index in [1.165, 1.54) is 4.88 Å². The van der Waals surface area contributed by atoms with Crippen LogP contribution in [0.4, 0.5) is 0 Å². The highest BCUT2D eigenvalue weighted by Gasteiger charge is 2.20. The number of carbonyl (C=O) groups is 1. The maximum Gasteiger partial charge on any atom is 0.259 e. The normalized spacial score (nSPS) is 10.7. The number of nitrogens with one attached hydrogen (secondary N) is 2. The standard InChI is InChI=1S/C17H20N4O2S.ClH/c1-9-7-12(11(3)24-9)14-8-13(16(22)19-6-5-18-4)15-10(2)21-23-17(15)20-14;/h7-8,18H,5-6H2,1-4H3,(H,19,22);1H. The van der Waals surface area contributed by atoms with Crippen LogP contribution in [0.1, 0.15) is 25.8 Å². The highest BCUT2D eigenvalue weighted by Crippen LogP contribution is 2.32. The van der Waals surface area contributed by atoms with Crippen LogP contribution in [-0.2, 0) is 0 Å². The maximum absolute atomic E-state index is 12.6. The minimum absolute atomic E-state index is 0. The van der Waals surface area contributed by atoms with Gasteiger partial charge in [0.2, 0.25) is 0 Å². The van der Waals surface area contributed by atoms with Gasteiger partial charge in [-0.3, -0.25) is 4.79 Å². The van der Waals surface area contributed by atoms with E-state index in [2.05, 4.69) is 40.7 Å². The highest BCUT2D eigenvalue weighted by atomic mass is 35.5. The summed E-state index contributed by atoms with van der Waals surface area (Å²) >= 11 is 1.71. The molecular formula is C17H21ClN4O2S. The molecule has 3 aromatic heterocycles. The molecule has 0 saturated carbocycles. The van der Waals surface area contributed by atoms with Crippen LogP contribution in [0.25, 0.3) is 22.4 Å². The smallest absolute Gasteiger partial charge is 0.259 e. The van der Waals surface area contributed by atoms with E-state index in [9.17, 15) is 4.79 Å². The first-order chi connectivity index (χ1) is 11.5. The molecule has 3 rings (SSSR count). The molecule has 3 aromatic rings. The molecule has 0 radical (unpaired) electrons. The van der Waals surface area contributed by atoms with Crippen LogP contribution in [0.3, 0.4) is 0 Å². The second kappa shape index (κ2) is 7.95. The van der Waals surface area contributed by atoms with Crippen molar-refractivity contribution in [1.82, 2.24) is 20.8 Å². The van der Waals surface area contributed by atoms with Crippen LogP contribution < -0.4 is 10.6 Å². The van der Waals surface area contributed by atoms with Crippen LogP contribution in [0.2, 0.25) is 0 Å². The van der Waals surface area contributed by atoms with Crippen LogP contribution in [0.15, 0.2) is 16.7 Å². The number of halogens is 1. The van der Waals surface area contributed by atoms with Gasteiger partial charge < -0.3 is 15.2 Å². The van der Waals surface area contributed by atoms with E-state index in [1.54, 1.807) is 11.3 Å². The van der Waals surface area contributed by atoms with Crippen LogP contribution in [0.5, 0.6) is 0 Å². The summed E-state index contributed by atoms with van der Waals surface area (Å²) in [7, 11) is 1.85. The molecule has 0 fully saturated rings. The average Bonchev–Trinajstić information content (AvgIpc) is 3.09. The minimum atomic E-state index is -0.144. The van der Waals surface area contributed by atoms with Gasteiger partial charge in [-0.2, -0.15) is 0 Å². The van der Waals surface area contributed by atoms with Gasteiger partial charge in [-0.15, -0.1) is 23.7 Å². The van der Waals surface area contributed by atoms with Gasteiger partial charge in [0, 0.05) is 28.4 Å². The van der Waals surface area contributed by atoms with Gasteiger partial charge >= 0.3 is 0 Å². The fourth-order valence-electron chi connectivity index (χ4n) is 2.69. The Morgan fingerprint density at radius 1 is 1.24 bits per heavy atom. The number of hydrogen-bond acceptors (Lipinski definition) is 6. The number of likely N-dealkylation sites (N-methyl/N-ethyl adjacent to an activating group) is 1. The summed E-state index contributed by atoms with van der Waals surface area (Å²) in [6, 6.07) is 3.91. The molecule has 6 nitrogen and oxygen atoms in total. The molecule has 0 bridgehead atoms. The highest BCUT2D eigenvalue weighted by molar-refractivity contribution is 7.12. The zero-order chi connectivity index (χ0) is 17.3. The van der Waals surface area contributed by atoms with Crippen molar-refractivity contribution in [2.75, 3.05) is 20.1 Å². The third kappa shape index (κ3) is 3.84. The van der Waals surface area contributed by atoms with Crippen LogP contribution >= 0.6 is 23.7 Å². The van der Waals surface area contributed by atoms with E-state index >= 15 is 0 Å². The van der Waals surface area contributed by atoms with Gasteiger partial charge in [-0.25, -0.2) is 4.98 Å². The molecule has 8 heteroatoms. The minimum Gasteiger partial charge on any atom is -0.351 e. The third-order valence-corrected chi connectivity index (χ3v) is 4.81. The summed E-state index contributed by atoms with van der Waals surface area (Å²) in [5.41, 5.74) is 3.37. The van der Waals surface area contributed by atoms with E-state index in [4.69, 9.17) is 4.52 Å². The molecule has 0 spiro atoms. The molecule has 0 aliphatic carbocycles. The topological polar surface area (TPSA) is 80.0 Å². The van der Waals surface area contributed by atoms with Gasteiger partial charge in [-0.05, 0) is 40.0 Å². The molecule has 0 aliphatic heterocycles. The van der Waals surface area contributed by atoms with Crippen molar-refractivity contribution in [3.63, 3.8) is 0 Å². The second-order valence-corrected chi connectivity index (χ2v) is 7.15. The molecule has 25 heavy (non-hydrogen) atoms. The zero-order valence-corrected chi connectivity index (χ0v) is 16.2. The Bertz CT molecular complexity index is 904. The van der Waals surface area contributed by atoms with Gasteiger partial charge in [-0.1, -0.05) is 5.16 Å². The summed E-state index contributed by atoms with van der Waals surface area (Å²) in [5, 5.41) is 10.6. The number of fused-ring (bicyclic) bond motifs is 1. The number of aryl methyl sites for hydroxylation is 3. The Labute approximate surface area is 156 Å². The molecule has 0 aliphatic rings. The maximum atomic E-state index is 12.6. The Kier molecular flexibility index (Phi) is 6.16. The molecule has 0 atom stereocenters. The van der Waals surface area contributed by atoms with E-state index in [0.29, 0.717) is 35.4 Å². The van der Waals surface area contributed by atoms with E-state index in [0.717, 1.165) is 16.1 Å². The number of nitrogens with zero attached hydrogens (tertiary/aromatic N) is 2. The number of carbonyl (C=O) groups excluding carboxylic acids is 1. The van der Waals surface area contributed by atoms with Gasteiger partial charge in [0.25, 0.3) is 11.6 Å². The molecule has 2 N–H and O–H groups in total. The number of hydrogen-bond donors (Lipinski definition) is 2. The van der Waals surface area contributed by atoms with Gasteiger partial charge in [0.05, 0.1) is 22.3 Å². The molecule has 134 valence electrons. The molecule has 1 amide bonds. The average molecular weight is 381 g/mol. The van der Waals surface area contributed by atoms with Crippen LogP contribution in [-0.4, -0.2) is 36.2 Å². The number of aromatic nitrogens is 2. The predicted octanol–water partition coefficient (Wildman–Crippen LogP) is 3.25. The molecule has 0 unspecified atom stereocenters. The van der Waals surface area contributed by atoms with E-state index in [1.807, 2.05) is 20.0 Å². The van der Waals surface area contributed by atoms with Crippen molar-refractivity contribution in [3.05, 3.63) is 33.1 Å². The fourth-order valence-corrected chi connectivity index (χ4v) is 3.63. The summed E-state index contributed by atoms with van der Waals surface area (Å²) < 4.78 is 5.32. The summed E-state index contributed by atoms with van der Waals surface area (Å²) in [6.07, 6.45) is 0. The number of pyridine rings is 1. The van der Waals surface area contributed by atoms with Gasteiger partial charge in [0.1, 0.15) is 0 Å². The number of rotatable bonds is 5. The number of amides is 1. The van der Waals surface area contributed by atoms with Crippen molar-refractivity contribution in [1.29, 1.82) is 0 Å². The second-order valence-electron chi connectivity index (χ2n) is 5.69. The summed E-state index contributed by atoms with van der Waals surface area (Å²) in [6.45, 7) is 7.19. The van der Waals surface area contributed by atoms with Crippen LogP contribution in [0, 0.1) is 20.8 Å². The largest absolute Gasteiger partial charge is 0.351 e. The summed E-state index contributed by atoms with van der Waals surface area (Å²) in [4.78, 5) is 19.6. The zero-order valence-electron chi connectivity index (χ0n) is 14.6. The Balaban J connectivity index is 0.00000225. The first-order valence-electron chi connectivity index (χ1n) is 7.78. The van der Waals surface area contributed by atoms with E-state index in [-0.39, 0.29) is 18.3 Å². The molecule has 0 aromatic carbocycles. The van der Waals surface area contributed by atoms with Crippen molar-refractivity contribution < 1.29 is 9.32 Å². The van der Waals surface area contributed by atoms with Crippen molar-refractivity contribution in [3.8, 4) is 11.3 Å². The SMILES string of the molecule is CNCCNC(=O)c1cc(-c2cc(C)sc2C)nc2onc(C)c12.Cl. The summed E-state index contributed by atoms with van der Waals surface area (Å²) in [5.74, 6) is -0.144. The van der Waals surface area contributed by atoms with Crippen molar-refractivity contribution in [2.24, 2.45) is 0 Å². The number of thiophene rings is 1. The van der Waals surface area contributed by atoms with Gasteiger partial charge in [0.15, 0.2) is 0 Å². The third-order valence-electron chi connectivity index (χ3n) is 3.84. The quantitative estimate of drug-likeness (QED) is 0.664. The lowest BCUT2D eigenvalue weighted by molar-refractivity contribution is 0.0955. The Morgan fingerprint density at radius 2 is 2.00 bits per heavy atom. The van der Waals surface area contributed by atoms with Crippen molar-refractivity contribution >= 4 is 40.8 Å². The lowest BCUT2D eigenvalue weighted by Crippen LogP contribution is -2.30. The molecule has 0 saturated heterocycles.